The largest absolute Gasteiger partial charge is 0.494 e. The van der Waals surface area contributed by atoms with Crippen molar-refractivity contribution in [1.29, 1.82) is 0 Å². The number of aromatic nitrogens is 1. The van der Waals surface area contributed by atoms with Crippen molar-refractivity contribution in [3.05, 3.63) is 54.4 Å². The van der Waals surface area contributed by atoms with E-state index in [0.717, 1.165) is 12.2 Å². The Morgan fingerprint density at radius 1 is 1.17 bits per heavy atom. The van der Waals surface area contributed by atoms with Gasteiger partial charge in [0.1, 0.15) is 11.4 Å². The maximum Gasteiger partial charge on any atom is 0.352 e. The van der Waals surface area contributed by atoms with Crippen LogP contribution in [0.15, 0.2) is 48.7 Å². The summed E-state index contributed by atoms with van der Waals surface area (Å²) < 4.78 is 7.26. The Hall–Kier alpha value is -2.23. The first-order chi connectivity index (χ1) is 8.77. The van der Waals surface area contributed by atoms with Gasteiger partial charge in [-0.25, -0.2) is 4.79 Å². The molecule has 1 heterocycles. The highest BCUT2D eigenvalue weighted by Gasteiger charge is 2.07. The van der Waals surface area contributed by atoms with Crippen molar-refractivity contribution in [1.82, 2.24) is 4.57 Å². The lowest BCUT2D eigenvalue weighted by Crippen LogP contribution is -2.10. The minimum Gasteiger partial charge on any atom is -0.494 e. The number of carboxylic acid groups (broad SMARTS) is 1. The molecule has 1 N–H and O–H groups in total. The molecule has 0 bridgehead atoms. The number of rotatable bonds is 6. The quantitative estimate of drug-likeness (QED) is 0.796. The van der Waals surface area contributed by atoms with Crippen LogP contribution in [0.5, 0.6) is 5.75 Å². The van der Waals surface area contributed by atoms with Gasteiger partial charge in [0.25, 0.3) is 0 Å². The van der Waals surface area contributed by atoms with Crippen molar-refractivity contribution in [2.45, 2.75) is 13.0 Å². The molecule has 0 spiro atoms. The molecule has 0 amide bonds. The fourth-order valence-electron chi connectivity index (χ4n) is 1.74. The van der Waals surface area contributed by atoms with Crippen LogP contribution in [0.2, 0.25) is 0 Å². The third-order valence-corrected chi connectivity index (χ3v) is 2.60. The van der Waals surface area contributed by atoms with Gasteiger partial charge in [-0.2, -0.15) is 0 Å². The van der Waals surface area contributed by atoms with E-state index < -0.39 is 5.97 Å². The van der Waals surface area contributed by atoms with Gasteiger partial charge in [-0.1, -0.05) is 18.2 Å². The summed E-state index contributed by atoms with van der Waals surface area (Å²) in [5.74, 6) is -0.0626. The summed E-state index contributed by atoms with van der Waals surface area (Å²) in [6.07, 6.45) is 2.54. The third kappa shape index (κ3) is 3.13. The predicted molar refractivity (Wildman–Crippen MR) is 67.9 cm³/mol. The van der Waals surface area contributed by atoms with E-state index in [4.69, 9.17) is 9.84 Å². The number of ether oxygens (including phenoxy) is 1. The summed E-state index contributed by atoms with van der Waals surface area (Å²) >= 11 is 0. The Morgan fingerprint density at radius 2 is 1.94 bits per heavy atom. The van der Waals surface area contributed by atoms with Crippen LogP contribution in [-0.4, -0.2) is 22.2 Å². The van der Waals surface area contributed by atoms with Gasteiger partial charge in [0.15, 0.2) is 0 Å². The summed E-state index contributed by atoms with van der Waals surface area (Å²) in [6, 6.07) is 12.9. The van der Waals surface area contributed by atoms with Gasteiger partial charge in [-0.05, 0) is 30.7 Å². The molecule has 1 aromatic carbocycles. The Labute approximate surface area is 105 Å². The SMILES string of the molecule is O=C(O)c1cccn1CCCOc1ccccc1. The molecule has 0 aliphatic rings. The van der Waals surface area contributed by atoms with Crippen molar-refractivity contribution in [2.24, 2.45) is 0 Å². The molecule has 0 aliphatic heterocycles. The van der Waals surface area contributed by atoms with Gasteiger partial charge >= 0.3 is 5.97 Å². The van der Waals surface area contributed by atoms with E-state index in [-0.39, 0.29) is 0 Å². The molecule has 1 aromatic heterocycles. The zero-order chi connectivity index (χ0) is 12.8. The van der Waals surface area contributed by atoms with Crippen LogP contribution < -0.4 is 4.74 Å². The fourth-order valence-corrected chi connectivity index (χ4v) is 1.74. The van der Waals surface area contributed by atoms with Crippen molar-refractivity contribution in [2.75, 3.05) is 6.61 Å². The number of carbonyl (C=O) groups is 1. The van der Waals surface area contributed by atoms with E-state index in [1.165, 1.54) is 0 Å². The molecule has 94 valence electrons. The summed E-state index contributed by atoms with van der Waals surface area (Å²) in [4.78, 5) is 10.9. The molecule has 2 aromatic rings. The van der Waals surface area contributed by atoms with Crippen molar-refractivity contribution in [3.8, 4) is 5.75 Å². The van der Waals surface area contributed by atoms with Crippen LogP contribution in [0.1, 0.15) is 16.9 Å². The Kier molecular flexibility index (Phi) is 4.02. The molecule has 2 rings (SSSR count). The standard InChI is InChI=1S/C14H15NO3/c16-14(17)13-8-4-9-15(13)10-5-11-18-12-6-2-1-3-7-12/h1-4,6-9H,5,10-11H2,(H,16,17). The molecule has 4 heteroatoms. The Morgan fingerprint density at radius 3 is 2.67 bits per heavy atom. The second-order valence-corrected chi connectivity index (χ2v) is 3.91. The minimum atomic E-state index is -0.899. The molecule has 4 nitrogen and oxygen atoms in total. The summed E-state index contributed by atoms with van der Waals surface area (Å²) in [6.45, 7) is 1.21. The molecular weight excluding hydrogens is 230 g/mol. The molecule has 0 saturated heterocycles. The maximum absolute atomic E-state index is 10.9. The lowest BCUT2D eigenvalue weighted by atomic mass is 10.3. The van der Waals surface area contributed by atoms with E-state index in [2.05, 4.69) is 0 Å². The molecule has 0 saturated carbocycles. The first kappa shape index (κ1) is 12.2. The van der Waals surface area contributed by atoms with Crippen molar-refractivity contribution in [3.63, 3.8) is 0 Å². The van der Waals surface area contributed by atoms with Crippen LogP contribution in [0.3, 0.4) is 0 Å². The summed E-state index contributed by atoms with van der Waals surface area (Å²) in [5.41, 5.74) is 0.315. The fraction of sp³-hybridized carbons (Fsp3) is 0.214. The number of benzene rings is 1. The molecule has 0 radical (unpaired) electrons. The zero-order valence-electron chi connectivity index (χ0n) is 9.95. The van der Waals surface area contributed by atoms with E-state index in [9.17, 15) is 4.79 Å². The smallest absolute Gasteiger partial charge is 0.352 e. The van der Waals surface area contributed by atoms with Gasteiger partial charge < -0.3 is 14.4 Å². The monoisotopic (exact) mass is 245 g/mol. The lowest BCUT2D eigenvalue weighted by Gasteiger charge is -2.08. The predicted octanol–water partition coefficient (Wildman–Crippen LogP) is 2.66. The zero-order valence-corrected chi connectivity index (χ0v) is 9.95. The van der Waals surface area contributed by atoms with Crippen LogP contribution in [0.25, 0.3) is 0 Å². The van der Waals surface area contributed by atoms with Crippen LogP contribution in [0.4, 0.5) is 0 Å². The molecule has 0 unspecified atom stereocenters. The number of para-hydroxylation sites is 1. The Bertz CT molecular complexity index is 505. The number of hydrogen-bond acceptors (Lipinski definition) is 2. The van der Waals surface area contributed by atoms with Crippen LogP contribution in [-0.2, 0) is 6.54 Å². The summed E-state index contributed by atoms with van der Waals surface area (Å²) in [7, 11) is 0. The first-order valence-corrected chi connectivity index (χ1v) is 5.83. The highest BCUT2D eigenvalue weighted by Crippen LogP contribution is 2.09. The Balaban J connectivity index is 1.79. The van der Waals surface area contributed by atoms with Gasteiger partial charge in [0, 0.05) is 12.7 Å². The number of nitrogens with zero attached hydrogens (tertiary/aromatic N) is 1. The summed E-state index contributed by atoms with van der Waals surface area (Å²) in [5, 5.41) is 8.94. The van der Waals surface area contributed by atoms with Gasteiger partial charge in [0.2, 0.25) is 0 Å². The third-order valence-electron chi connectivity index (χ3n) is 2.60. The first-order valence-electron chi connectivity index (χ1n) is 5.83. The van der Waals surface area contributed by atoms with Crippen molar-refractivity contribution >= 4 is 5.97 Å². The minimum absolute atomic E-state index is 0.315. The normalized spacial score (nSPS) is 10.2. The highest BCUT2D eigenvalue weighted by atomic mass is 16.5. The van der Waals surface area contributed by atoms with Gasteiger partial charge in [-0.15, -0.1) is 0 Å². The number of aromatic carboxylic acids is 1. The average Bonchev–Trinajstić information content (AvgIpc) is 2.84. The number of aryl methyl sites for hydroxylation is 1. The van der Waals surface area contributed by atoms with Crippen molar-refractivity contribution < 1.29 is 14.6 Å². The van der Waals surface area contributed by atoms with Crippen LogP contribution >= 0.6 is 0 Å². The van der Waals surface area contributed by atoms with E-state index in [1.54, 1.807) is 22.9 Å². The maximum atomic E-state index is 10.9. The van der Waals surface area contributed by atoms with Gasteiger partial charge in [-0.3, -0.25) is 0 Å². The second-order valence-electron chi connectivity index (χ2n) is 3.91. The number of hydrogen-bond donors (Lipinski definition) is 1. The van der Waals surface area contributed by atoms with Gasteiger partial charge in [0.05, 0.1) is 6.61 Å². The lowest BCUT2D eigenvalue weighted by molar-refractivity contribution is 0.0684. The van der Waals surface area contributed by atoms with E-state index in [1.807, 2.05) is 30.3 Å². The second kappa shape index (κ2) is 5.91. The molecule has 18 heavy (non-hydrogen) atoms. The van der Waals surface area contributed by atoms with E-state index in [0.29, 0.717) is 18.8 Å². The molecule has 0 fully saturated rings. The van der Waals surface area contributed by atoms with E-state index >= 15 is 0 Å². The topological polar surface area (TPSA) is 51.5 Å². The number of carboxylic acids is 1. The molecular formula is C14H15NO3. The average molecular weight is 245 g/mol. The highest BCUT2D eigenvalue weighted by molar-refractivity contribution is 5.85. The van der Waals surface area contributed by atoms with Crippen LogP contribution in [0, 0.1) is 0 Å². The molecule has 0 atom stereocenters. The molecule has 0 aliphatic carbocycles.